The molecule has 0 N–H and O–H groups in total. The zero-order valence-electron chi connectivity index (χ0n) is 17.7. The fraction of sp³-hybridized carbons (Fsp3) is 0.391. The molecule has 2 aliphatic heterocycles. The van der Waals surface area contributed by atoms with E-state index in [1.165, 1.54) is 0 Å². The zero-order chi connectivity index (χ0) is 22.0. The predicted octanol–water partition coefficient (Wildman–Crippen LogP) is 3.44. The molecule has 31 heavy (non-hydrogen) atoms. The maximum absolute atomic E-state index is 12.9. The van der Waals surface area contributed by atoms with Gasteiger partial charge >= 0.3 is 0 Å². The fourth-order valence-corrected chi connectivity index (χ4v) is 3.92. The van der Waals surface area contributed by atoms with Crippen LogP contribution in [0.25, 0.3) is 0 Å². The normalized spacial score (nSPS) is 15.6. The van der Waals surface area contributed by atoms with Gasteiger partial charge in [-0.1, -0.05) is 11.6 Å². The molecule has 0 saturated carbocycles. The Kier molecular flexibility index (Phi) is 6.23. The number of nitrogens with zero attached hydrogens (tertiary/aromatic N) is 2. The van der Waals surface area contributed by atoms with E-state index in [1.54, 1.807) is 28.0 Å². The minimum absolute atomic E-state index is 0.0450. The second-order valence-corrected chi connectivity index (χ2v) is 8.13. The highest BCUT2D eigenvalue weighted by molar-refractivity contribution is 6.32. The Balaban J connectivity index is 1.33. The SMILES string of the molecule is Cc1cc(OCC(=O)N2CCCN(C(=O)c3ccc4c(c3)OCO4)CC2)cc(C)c1Cl. The van der Waals surface area contributed by atoms with Gasteiger partial charge in [-0.05, 0) is 61.7 Å². The van der Waals surface area contributed by atoms with Gasteiger partial charge in [0.1, 0.15) is 5.75 Å². The van der Waals surface area contributed by atoms with Crippen molar-refractivity contribution < 1.29 is 23.8 Å². The summed E-state index contributed by atoms with van der Waals surface area (Å²) in [6.07, 6.45) is 0.710. The molecule has 164 valence electrons. The smallest absolute Gasteiger partial charge is 0.260 e. The summed E-state index contributed by atoms with van der Waals surface area (Å²) < 4.78 is 16.4. The number of hydrogen-bond acceptors (Lipinski definition) is 5. The third kappa shape index (κ3) is 4.71. The Bertz CT molecular complexity index is 986. The summed E-state index contributed by atoms with van der Waals surface area (Å²) in [5.41, 5.74) is 2.38. The quantitative estimate of drug-likeness (QED) is 0.722. The van der Waals surface area contributed by atoms with Crippen LogP contribution in [0.2, 0.25) is 5.02 Å². The molecule has 1 saturated heterocycles. The van der Waals surface area contributed by atoms with Crippen LogP contribution in [0.15, 0.2) is 30.3 Å². The predicted molar refractivity (Wildman–Crippen MR) is 116 cm³/mol. The first-order valence-electron chi connectivity index (χ1n) is 10.3. The number of ether oxygens (including phenoxy) is 3. The molecule has 1 fully saturated rings. The zero-order valence-corrected chi connectivity index (χ0v) is 18.4. The molecule has 8 heteroatoms. The van der Waals surface area contributed by atoms with Crippen molar-refractivity contribution in [2.24, 2.45) is 0 Å². The maximum atomic E-state index is 12.9. The molecule has 7 nitrogen and oxygen atoms in total. The number of hydrogen-bond donors (Lipinski definition) is 0. The summed E-state index contributed by atoms with van der Waals surface area (Å²) in [6.45, 7) is 6.06. The number of rotatable bonds is 4. The van der Waals surface area contributed by atoms with Gasteiger partial charge in [0.25, 0.3) is 11.8 Å². The first kappa shape index (κ1) is 21.3. The van der Waals surface area contributed by atoms with Gasteiger partial charge in [0.2, 0.25) is 6.79 Å². The summed E-state index contributed by atoms with van der Waals surface area (Å²) >= 11 is 6.19. The third-order valence-electron chi connectivity index (χ3n) is 5.53. The van der Waals surface area contributed by atoms with E-state index in [-0.39, 0.29) is 25.2 Å². The van der Waals surface area contributed by atoms with Crippen molar-refractivity contribution in [1.29, 1.82) is 0 Å². The van der Waals surface area contributed by atoms with E-state index in [0.717, 1.165) is 11.1 Å². The van der Waals surface area contributed by atoms with Crippen molar-refractivity contribution >= 4 is 23.4 Å². The van der Waals surface area contributed by atoms with E-state index in [4.69, 9.17) is 25.8 Å². The van der Waals surface area contributed by atoms with Crippen molar-refractivity contribution in [2.45, 2.75) is 20.3 Å². The Morgan fingerprint density at radius 2 is 1.65 bits per heavy atom. The molecule has 0 bridgehead atoms. The molecular formula is C23H25ClN2O5. The minimum Gasteiger partial charge on any atom is -0.484 e. The maximum Gasteiger partial charge on any atom is 0.260 e. The highest BCUT2D eigenvalue weighted by atomic mass is 35.5. The molecule has 2 heterocycles. The van der Waals surface area contributed by atoms with E-state index < -0.39 is 0 Å². The average Bonchev–Trinajstić information content (AvgIpc) is 3.09. The van der Waals surface area contributed by atoms with Crippen molar-refractivity contribution in [2.75, 3.05) is 39.6 Å². The van der Waals surface area contributed by atoms with Crippen LogP contribution in [0.5, 0.6) is 17.2 Å². The molecule has 0 aromatic heterocycles. The number of carbonyl (C=O) groups is 2. The monoisotopic (exact) mass is 444 g/mol. The number of benzene rings is 2. The second kappa shape index (κ2) is 9.06. The van der Waals surface area contributed by atoms with E-state index in [2.05, 4.69) is 0 Å². The van der Waals surface area contributed by atoms with Gasteiger partial charge in [0, 0.05) is 36.8 Å². The number of aryl methyl sites for hydroxylation is 2. The largest absolute Gasteiger partial charge is 0.484 e. The standard InChI is InChI=1S/C23H25ClN2O5/c1-15-10-18(11-16(2)22(15)24)29-13-21(27)25-6-3-7-26(9-8-25)23(28)17-4-5-19-20(12-17)31-14-30-19/h4-5,10-12H,3,6-9,13-14H2,1-2H3. The molecule has 0 unspecified atom stereocenters. The Hall–Kier alpha value is -2.93. The lowest BCUT2D eigenvalue weighted by atomic mass is 10.1. The minimum atomic E-state index is -0.0948. The van der Waals surface area contributed by atoms with E-state index in [0.29, 0.717) is 60.4 Å². The Labute approximate surface area is 186 Å². The number of halogens is 1. The molecule has 0 radical (unpaired) electrons. The summed E-state index contributed by atoms with van der Waals surface area (Å²) in [5, 5.41) is 0.707. The average molecular weight is 445 g/mol. The molecule has 4 rings (SSSR count). The van der Waals surface area contributed by atoms with Crippen molar-refractivity contribution in [1.82, 2.24) is 9.80 Å². The van der Waals surface area contributed by atoms with Gasteiger partial charge in [-0.3, -0.25) is 9.59 Å². The lowest BCUT2D eigenvalue weighted by molar-refractivity contribution is -0.133. The van der Waals surface area contributed by atoms with Gasteiger partial charge in [-0.15, -0.1) is 0 Å². The Morgan fingerprint density at radius 1 is 0.968 bits per heavy atom. The second-order valence-electron chi connectivity index (χ2n) is 7.75. The van der Waals surface area contributed by atoms with Crippen LogP contribution < -0.4 is 14.2 Å². The van der Waals surface area contributed by atoms with E-state index in [1.807, 2.05) is 26.0 Å². The number of amides is 2. The molecular weight excluding hydrogens is 420 g/mol. The fourth-order valence-electron chi connectivity index (χ4n) is 3.81. The first-order chi connectivity index (χ1) is 14.9. The number of fused-ring (bicyclic) bond motifs is 1. The van der Waals surface area contributed by atoms with Crippen LogP contribution >= 0.6 is 11.6 Å². The van der Waals surface area contributed by atoms with Crippen LogP contribution in [-0.4, -0.2) is 61.2 Å². The molecule has 2 aromatic rings. The highest BCUT2D eigenvalue weighted by Crippen LogP contribution is 2.33. The van der Waals surface area contributed by atoms with Crippen molar-refractivity contribution in [3.63, 3.8) is 0 Å². The summed E-state index contributed by atoms with van der Waals surface area (Å²) in [5.74, 6) is 1.69. The van der Waals surface area contributed by atoms with Gasteiger partial charge in [0.05, 0.1) is 0 Å². The highest BCUT2D eigenvalue weighted by Gasteiger charge is 2.24. The van der Waals surface area contributed by atoms with Gasteiger partial charge in [-0.25, -0.2) is 0 Å². The van der Waals surface area contributed by atoms with Crippen LogP contribution in [0.4, 0.5) is 0 Å². The van der Waals surface area contributed by atoms with Crippen molar-refractivity contribution in [3.8, 4) is 17.2 Å². The summed E-state index contributed by atoms with van der Waals surface area (Å²) in [4.78, 5) is 29.1. The lowest BCUT2D eigenvalue weighted by Gasteiger charge is -2.22. The van der Waals surface area contributed by atoms with E-state index in [9.17, 15) is 9.59 Å². The molecule has 2 aromatic carbocycles. The lowest BCUT2D eigenvalue weighted by Crippen LogP contribution is -2.39. The van der Waals surface area contributed by atoms with Gasteiger partial charge in [0.15, 0.2) is 18.1 Å². The molecule has 0 spiro atoms. The Morgan fingerprint density at radius 3 is 2.42 bits per heavy atom. The van der Waals surface area contributed by atoms with Crippen LogP contribution in [-0.2, 0) is 4.79 Å². The summed E-state index contributed by atoms with van der Waals surface area (Å²) in [7, 11) is 0. The van der Waals surface area contributed by atoms with Crippen LogP contribution in [0, 0.1) is 13.8 Å². The molecule has 2 aliphatic rings. The molecule has 0 aliphatic carbocycles. The van der Waals surface area contributed by atoms with Gasteiger partial charge < -0.3 is 24.0 Å². The van der Waals surface area contributed by atoms with Crippen LogP contribution in [0.1, 0.15) is 27.9 Å². The summed E-state index contributed by atoms with van der Waals surface area (Å²) in [6, 6.07) is 8.87. The van der Waals surface area contributed by atoms with E-state index >= 15 is 0 Å². The topological polar surface area (TPSA) is 68.3 Å². The van der Waals surface area contributed by atoms with Crippen LogP contribution in [0.3, 0.4) is 0 Å². The third-order valence-corrected chi connectivity index (χ3v) is 6.12. The molecule has 2 amide bonds. The van der Waals surface area contributed by atoms with Crippen molar-refractivity contribution in [3.05, 3.63) is 52.0 Å². The first-order valence-corrected chi connectivity index (χ1v) is 10.7. The van der Waals surface area contributed by atoms with Gasteiger partial charge in [-0.2, -0.15) is 0 Å². The number of carbonyl (C=O) groups excluding carboxylic acids is 2. The molecule has 0 atom stereocenters.